The molecular formula is C49H70N14O2S2. The fourth-order valence-corrected chi connectivity index (χ4v) is 12.3. The van der Waals surface area contributed by atoms with Gasteiger partial charge < -0.3 is 42.5 Å². The number of hydrogen-bond acceptors (Lipinski definition) is 18. The van der Waals surface area contributed by atoms with Gasteiger partial charge in [0, 0.05) is 57.7 Å². The minimum absolute atomic E-state index is 0.245. The summed E-state index contributed by atoms with van der Waals surface area (Å²) in [5, 5.41) is 38.9. The molecule has 0 bridgehead atoms. The number of thiazole rings is 2. The summed E-state index contributed by atoms with van der Waals surface area (Å²) in [5.41, 5.74) is 11.6. The van der Waals surface area contributed by atoms with Crippen molar-refractivity contribution in [1.82, 2.24) is 45.1 Å². The second-order valence-electron chi connectivity index (χ2n) is 19.9. The molecule has 3 aliphatic carbocycles. The van der Waals surface area contributed by atoms with E-state index in [9.17, 15) is 10.2 Å². The highest BCUT2D eigenvalue weighted by atomic mass is 32.1. The van der Waals surface area contributed by atoms with Gasteiger partial charge in [-0.05, 0) is 139 Å². The number of aryl methyl sites for hydroxylation is 3. The van der Waals surface area contributed by atoms with Crippen LogP contribution in [-0.2, 0) is 6.42 Å². The SMILES string of the molecule is CCc1nc(-c2c(C)nc(NC3CN(CC4CC4)C3)nc2NC2CCC(CO)C2)sc1/C=C\N.Cc1nc(NCC2(C)CCNCC2)nc(NC2CCC(CO)C2)c1-c1nc2cnccc2s1. The van der Waals surface area contributed by atoms with Gasteiger partial charge in [0.1, 0.15) is 27.2 Å². The van der Waals surface area contributed by atoms with Crippen LogP contribution in [0, 0.1) is 37.0 Å². The largest absolute Gasteiger partial charge is 0.405 e. The fourth-order valence-electron chi connectivity index (χ4n) is 10.1. The van der Waals surface area contributed by atoms with Crippen LogP contribution in [0.2, 0.25) is 0 Å². The van der Waals surface area contributed by atoms with Crippen molar-refractivity contribution in [3.63, 3.8) is 0 Å². The Balaban J connectivity index is 0.000000168. The van der Waals surface area contributed by atoms with E-state index < -0.39 is 0 Å². The topological polar surface area (TPSA) is 220 Å². The average molecular weight is 951 g/mol. The standard InChI is InChI=1S/C25H37N7OS.C24H33N7OS/c1-3-20-21(8-9-26)34-24(30-20)22-15(2)27-25(29-19-12-32(13-19)11-16-4-5-16)31-23(22)28-18-7-6-17(10-18)14-33;1-15-20(22-30-18-12-26-8-5-19(18)33-22)21(29-17-4-3-16(11-17)13-32)31-23(28-15)27-14-24(2)6-9-25-10-7-24/h8-9,16-19,33H,3-7,10-14,26H2,1-2H3,(H2,27,28,29,31);5,8,12,16-17,25,32H,3-4,6-7,9-11,13-14H2,1-2H3,(H2,27,28,29,31)/b9-8-;. The Kier molecular flexibility index (Phi) is 15.1. The normalized spacial score (nSPS) is 23.0. The molecule has 2 aliphatic heterocycles. The van der Waals surface area contributed by atoms with Gasteiger partial charge >= 0.3 is 0 Å². The molecule has 4 unspecified atom stereocenters. The number of nitrogens with two attached hydrogens (primary N) is 1. The van der Waals surface area contributed by atoms with E-state index in [2.05, 4.69) is 50.3 Å². The molecule has 5 aliphatic rings. The Hall–Kier alpha value is -4.59. The van der Waals surface area contributed by atoms with Crippen LogP contribution in [0.5, 0.6) is 0 Å². The van der Waals surface area contributed by atoms with Crippen molar-refractivity contribution < 1.29 is 10.2 Å². The van der Waals surface area contributed by atoms with Crippen molar-refractivity contribution in [2.24, 2.45) is 28.9 Å². The van der Waals surface area contributed by atoms with Gasteiger partial charge in [-0.2, -0.15) is 9.97 Å². The molecule has 5 aromatic heterocycles. The zero-order valence-corrected chi connectivity index (χ0v) is 41.3. The molecule has 2 saturated heterocycles. The lowest BCUT2D eigenvalue weighted by Crippen LogP contribution is -2.55. The molecule has 5 aromatic rings. The number of nitrogens with zero attached hydrogens (tertiary/aromatic N) is 8. The third kappa shape index (κ3) is 11.6. The van der Waals surface area contributed by atoms with Crippen molar-refractivity contribution in [3.05, 3.63) is 46.6 Å². The first-order valence-electron chi connectivity index (χ1n) is 24.6. The molecular weight excluding hydrogens is 881 g/mol. The Morgan fingerprint density at radius 1 is 0.791 bits per heavy atom. The van der Waals surface area contributed by atoms with Gasteiger partial charge in [0.2, 0.25) is 11.9 Å². The third-order valence-corrected chi connectivity index (χ3v) is 16.5. The van der Waals surface area contributed by atoms with E-state index in [1.807, 2.05) is 26.0 Å². The van der Waals surface area contributed by atoms with Crippen LogP contribution in [0.4, 0.5) is 23.5 Å². The van der Waals surface area contributed by atoms with Gasteiger partial charge in [-0.15, -0.1) is 22.7 Å². The molecule has 67 heavy (non-hydrogen) atoms. The Labute approximate surface area is 403 Å². The van der Waals surface area contributed by atoms with E-state index in [0.717, 1.165) is 161 Å². The summed E-state index contributed by atoms with van der Waals surface area (Å²) >= 11 is 3.28. The van der Waals surface area contributed by atoms with Crippen molar-refractivity contribution >= 4 is 62.5 Å². The summed E-state index contributed by atoms with van der Waals surface area (Å²) in [6.45, 7) is 15.4. The third-order valence-electron chi connectivity index (χ3n) is 14.4. The van der Waals surface area contributed by atoms with E-state index in [4.69, 9.17) is 35.6 Å². The summed E-state index contributed by atoms with van der Waals surface area (Å²) in [6.07, 6.45) is 19.1. The van der Waals surface area contributed by atoms with Gasteiger partial charge in [-0.1, -0.05) is 13.8 Å². The monoisotopic (exact) mass is 951 g/mol. The highest BCUT2D eigenvalue weighted by molar-refractivity contribution is 7.21. The molecule has 18 heteroatoms. The van der Waals surface area contributed by atoms with Crippen molar-refractivity contribution in [2.75, 3.05) is 73.7 Å². The van der Waals surface area contributed by atoms with Crippen LogP contribution in [0.1, 0.15) is 100 Å². The highest BCUT2D eigenvalue weighted by Crippen LogP contribution is 2.40. The molecule has 360 valence electrons. The van der Waals surface area contributed by atoms with Gasteiger partial charge in [0.15, 0.2) is 0 Å². The maximum absolute atomic E-state index is 9.60. The predicted molar refractivity (Wildman–Crippen MR) is 273 cm³/mol. The second-order valence-corrected chi connectivity index (χ2v) is 22.0. The maximum atomic E-state index is 9.60. The number of hydrogen-bond donors (Lipinski definition) is 8. The molecule has 7 heterocycles. The Morgan fingerprint density at radius 2 is 1.42 bits per heavy atom. The second kappa shape index (κ2) is 21.4. The smallest absolute Gasteiger partial charge is 0.225 e. The van der Waals surface area contributed by atoms with Crippen molar-refractivity contribution in [2.45, 2.75) is 116 Å². The van der Waals surface area contributed by atoms with Gasteiger partial charge in [0.05, 0.1) is 50.0 Å². The van der Waals surface area contributed by atoms with Gasteiger partial charge in [-0.25, -0.2) is 19.9 Å². The summed E-state index contributed by atoms with van der Waals surface area (Å²) in [5.74, 6) is 4.67. The molecule has 0 spiro atoms. The van der Waals surface area contributed by atoms with Crippen LogP contribution in [0.15, 0.2) is 24.7 Å². The van der Waals surface area contributed by atoms with E-state index in [0.29, 0.717) is 41.9 Å². The van der Waals surface area contributed by atoms with E-state index in [-0.39, 0.29) is 18.6 Å². The average Bonchev–Trinajstić information content (AvgIpc) is 3.65. The minimum atomic E-state index is 0.245. The number of aromatic nitrogens is 7. The molecule has 16 nitrogen and oxygen atoms in total. The van der Waals surface area contributed by atoms with Gasteiger partial charge in [0.25, 0.3) is 0 Å². The molecule has 0 amide bonds. The molecule has 5 fully saturated rings. The Morgan fingerprint density at radius 3 is 2.01 bits per heavy atom. The first-order valence-corrected chi connectivity index (χ1v) is 26.3. The predicted octanol–water partition coefficient (Wildman–Crippen LogP) is 7.31. The number of nitrogens with one attached hydrogen (secondary N) is 5. The van der Waals surface area contributed by atoms with Crippen LogP contribution >= 0.6 is 22.7 Å². The first kappa shape index (κ1) is 47.5. The Bertz CT molecular complexity index is 2450. The summed E-state index contributed by atoms with van der Waals surface area (Å²) in [7, 11) is 0. The summed E-state index contributed by atoms with van der Waals surface area (Å²) in [6, 6.07) is 2.99. The lowest BCUT2D eigenvalue weighted by molar-refractivity contribution is 0.154. The lowest BCUT2D eigenvalue weighted by atomic mass is 9.81. The molecule has 10 rings (SSSR count). The zero-order valence-electron chi connectivity index (χ0n) is 39.7. The minimum Gasteiger partial charge on any atom is -0.405 e. The molecule has 9 N–H and O–H groups in total. The quantitative estimate of drug-likeness (QED) is 0.0458. The number of aliphatic hydroxyl groups is 2. The molecule has 0 radical (unpaired) electrons. The number of rotatable bonds is 17. The molecule has 0 aromatic carbocycles. The van der Waals surface area contributed by atoms with Crippen LogP contribution < -0.4 is 32.3 Å². The maximum Gasteiger partial charge on any atom is 0.225 e. The van der Waals surface area contributed by atoms with Crippen molar-refractivity contribution in [1.29, 1.82) is 0 Å². The zero-order chi connectivity index (χ0) is 46.5. The molecule has 4 atom stereocenters. The summed E-state index contributed by atoms with van der Waals surface area (Å²) < 4.78 is 1.10. The fraction of sp³-hybridized carbons (Fsp3) is 0.612. The summed E-state index contributed by atoms with van der Waals surface area (Å²) in [4.78, 5) is 37.2. The van der Waals surface area contributed by atoms with E-state index >= 15 is 0 Å². The van der Waals surface area contributed by atoms with Crippen LogP contribution in [-0.4, -0.2) is 121 Å². The number of anilines is 4. The number of pyridine rings is 1. The van der Waals surface area contributed by atoms with E-state index in [1.54, 1.807) is 41.3 Å². The number of likely N-dealkylation sites (tertiary alicyclic amines) is 1. The van der Waals surface area contributed by atoms with Gasteiger partial charge in [-0.3, -0.25) is 9.88 Å². The number of piperidine rings is 1. The lowest BCUT2D eigenvalue weighted by Gasteiger charge is -2.39. The molecule has 3 saturated carbocycles. The van der Waals surface area contributed by atoms with Crippen LogP contribution in [0.3, 0.4) is 0 Å². The number of aliphatic hydroxyl groups excluding tert-OH is 2. The highest BCUT2D eigenvalue weighted by Gasteiger charge is 2.34. The first-order chi connectivity index (χ1) is 32.6. The van der Waals surface area contributed by atoms with Crippen molar-refractivity contribution in [3.8, 4) is 21.1 Å². The van der Waals surface area contributed by atoms with Crippen LogP contribution in [0.25, 0.3) is 37.4 Å². The van der Waals surface area contributed by atoms with E-state index in [1.165, 1.54) is 19.4 Å². The number of fused-ring (bicyclic) bond motifs is 1.